The molecule has 5 nitrogen and oxygen atoms in total. The molecule has 1 aliphatic heterocycles. The van der Waals surface area contributed by atoms with Crippen LogP contribution in [-0.4, -0.2) is 32.4 Å². The molecule has 1 aromatic heterocycles. The fourth-order valence-corrected chi connectivity index (χ4v) is 4.70. The number of nitrogens with zero attached hydrogens (tertiary/aromatic N) is 1. The molecule has 1 N–H and O–H groups in total. The van der Waals surface area contributed by atoms with Gasteiger partial charge in [-0.1, -0.05) is 13.8 Å². The summed E-state index contributed by atoms with van der Waals surface area (Å²) in [6.07, 6.45) is 1.83. The molecule has 0 radical (unpaired) electrons. The maximum atomic E-state index is 12.6. The van der Waals surface area contributed by atoms with Crippen LogP contribution in [0.3, 0.4) is 0 Å². The van der Waals surface area contributed by atoms with Gasteiger partial charge in [0, 0.05) is 19.2 Å². The van der Waals surface area contributed by atoms with Crippen molar-refractivity contribution in [3.63, 3.8) is 0 Å². The van der Waals surface area contributed by atoms with E-state index in [-0.39, 0.29) is 4.90 Å². The summed E-state index contributed by atoms with van der Waals surface area (Å²) in [7, 11) is -3.46. The van der Waals surface area contributed by atoms with Crippen LogP contribution in [0.4, 0.5) is 0 Å². The van der Waals surface area contributed by atoms with Crippen molar-refractivity contribution in [3.05, 3.63) is 16.5 Å². The van der Waals surface area contributed by atoms with Crippen LogP contribution in [0, 0.1) is 5.92 Å². The largest absolute Gasteiger partial charge is 0.452 e. The second-order valence-electron chi connectivity index (χ2n) is 5.22. The molecule has 0 amide bonds. The maximum Gasteiger partial charge on any atom is 0.247 e. The zero-order valence-electron chi connectivity index (χ0n) is 11.9. The molecule has 1 aliphatic rings. The van der Waals surface area contributed by atoms with Gasteiger partial charge in [-0.3, -0.25) is 0 Å². The summed E-state index contributed by atoms with van der Waals surface area (Å²) in [5.41, 5.74) is 0. The Hall–Kier alpha value is -0.370. The minimum absolute atomic E-state index is 0.236. The van der Waals surface area contributed by atoms with Gasteiger partial charge in [0.25, 0.3) is 0 Å². The standard InChI is InChI=1S/C13H21BrN2O3S/c1-3-15-9-11-8-12(13(14)19-11)20(17,18)16-6-4-10(2)5-7-16/h8,10,15H,3-7,9H2,1-2H3. The van der Waals surface area contributed by atoms with Gasteiger partial charge in [0.05, 0.1) is 6.54 Å². The number of piperidine rings is 1. The van der Waals surface area contributed by atoms with Crippen molar-refractivity contribution < 1.29 is 12.8 Å². The molecule has 0 bridgehead atoms. The lowest BCUT2D eigenvalue weighted by Gasteiger charge is -2.28. The predicted molar refractivity (Wildman–Crippen MR) is 80.9 cm³/mol. The van der Waals surface area contributed by atoms with Crippen molar-refractivity contribution in [2.45, 2.75) is 38.1 Å². The summed E-state index contributed by atoms with van der Waals surface area (Å²) in [6, 6.07) is 1.61. The summed E-state index contributed by atoms with van der Waals surface area (Å²) in [4.78, 5) is 0.236. The molecular formula is C13H21BrN2O3S. The Morgan fingerprint density at radius 2 is 2.10 bits per heavy atom. The van der Waals surface area contributed by atoms with E-state index >= 15 is 0 Å². The fraction of sp³-hybridized carbons (Fsp3) is 0.692. The molecule has 0 atom stereocenters. The van der Waals surface area contributed by atoms with Crippen LogP contribution < -0.4 is 5.32 Å². The quantitative estimate of drug-likeness (QED) is 0.871. The van der Waals surface area contributed by atoms with Gasteiger partial charge in [0.1, 0.15) is 10.7 Å². The highest BCUT2D eigenvalue weighted by molar-refractivity contribution is 9.10. The third kappa shape index (κ3) is 3.44. The first-order valence-electron chi connectivity index (χ1n) is 6.94. The van der Waals surface area contributed by atoms with Crippen LogP contribution in [0.15, 0.2) is 20.0 Å². The third-order valence-corrected chi connectivity index (χ3v) is 6.37. The monoisotopic (exact) mass is 364 g/mol. The number of sulfonamides is 1. The van der Waals surface area contributed by atoms with Crippen molar-refractivity contribution in [1.82, 2.24) is 9.62 Å². The lowest BCUT2D eigenvalue weighted by molar-refractivity contribution is 0.287. The van der Waals surface area contributed by atoms with Crippen molar-refractivity contribution in [3.8, 4) is 0 Å². The van der Waals surface area contributed by atoms with Crippen LogP contribution in [-0.2, 0) is 16.6 Å². The van der Waals surface area contributed by atoms with Crippen LogP contribution in [0.5, 0.6) is 0 Å². The smallest absolute Gasteiger partial charge is 0.247 e. The van der Waals surface area contributed by atoms with E-state index in [1.165, 1.54) is 0 Å². The fourth-order valence-electron chi connectivity index (χ4n) is 2.27. The summed E-state index contributed by atoms with van der Waals surface area (Å²) in [6.45, 7) is 6.66. The number of nitrogens with one attached hydrogen (secondary N) is 1. The molecule has 20 heavy (non-hydrogen) atoms. The zero-order chi connectivity index (χ0) is 14.8. The van der Waals surface area contributed by atoms with E-state index in [0.717, 1.165) is 19.4 Å². The molecule has 7 heteroatoms. The van der Waals surface area contributed by atoms with Gasteiger partial charge in [-0.15, -0.1) is 0 Å². The van der Waals surface area contributed by atoms with Crippen molar-refractivity contribution >= 4 is 26.0 Å². The van der Waals surface area contributed by atoms with Gasteiger partial charge < -0.3 is 9.73 Å². The Balaban J connectivity index is 2.18. The summed E-state index contributed by atoms with van der Waals surface area (Å²) >= 11 is 3.22. The molecule has 0 aliphatic carbocycles. The Bertz CT molecular complexity index is 548. The summed E-state index contributed by atoms with van der Waals surface area (Å²) < 4.78 is 32.5. The molecule has 0 spiro atoms. The summed E-state index contributed by atoms with van der Waals surface area (Å²) in [5, 5.41) is 3.12. The molecule has 2 rings (SSSR count). The molecule has 114 valence electrons. The maximum absolute atomic E-state index is 12.6. The van der Waals surface area contributed by atoms with Crippen LogP contribution in [0.1, 0.15) is 32.4 Å². The SMILES string of the molecule is CCNCc1cc(S(=O)(=O)N2CCC(C)CC2)c(Br)o1. The van der Waals surface area contributed by atoms with Crippen molar-refractivity contribution in [2.24, 2.45) is 5.92 Å². The first-order valence-corrected chi connectivity index (χ1v) is 9.17. The second-order valence-corrected chi connectivity index (χ2v) is 7.84. The van der Waals surface area contributed by atoms with E-state index in [2.05, 4.69) is 28.2 Å². The summed E-state index contributed by atoms with van der Waals surface area (Å²) in [5.74, 6) is 1.22. The Morgan fingerprint density at radius 1 is 1.45 bits per heavy atom. The predicted octanol–water partition coefficient (Wildman–Crippen LogP) is 2.57. The topological polar surface area (TPSA) is 62.6 Å². The molecule has 1 aromatic rings. The average Bonchev–Trinajstić information content (AvgIpc) is 2.79. The van der Waals surface area contributed by atoms with E-state index in [0.29, 0.717) is 36.0 Å². The van der Waals surface area contributed by atoms with E-state index in [9.17, 15) is 8.42 Å². The molecular weight excluding hydrogens is 344 g/mol. The molecule has 0 unspecified atom stereocenters. The van der Waals surface area contributed by atoms with E-state index < -0.39 is 10.0 Å². The molecule has 2 heterocycles. The van der Waals surface area contributed by atoms with Crippen LogP contribution in [0.25, 0.3) is 0 Å². The second kappa shape index (κ2) is 6.60. The molecule has 1 saturated heterocycles. The van der Waals surface area contributed by atoms with Gasteiger partial charge in [0.15, 0.2) is 4.67 Å². The molecule has 0 saturated carbocycles. The number of furan rings is 1. The van der Waals surface area contributed by atoms with Crippen molar-refractivity contribution in [1.29, 1.82) is 0 Å². The van der Waals surface area contributed by atoms with Gasteiger partial charge in [0.2, 0.25) is 10.0 Å². The van der Waals surface area contributed by atoms with Gasteiger partial charge in [-0.25, -0.2) is 8.42 Å². The first kappa shape index (κ1) is 16.0. The zero-order valence-corrected chi connectivity index (χ0v) is 14.3. The molecule has 1 fully saturated rings. The highest BCUT2D eigenvalue weighted by atomic mass is 79.9. The Morgan fingerprint density at radius 3 is 2.70 bits per heavy atom. The van der Waals surface area contributed by atoms with Crippen LogP contribution >= 0.6 is 15.9 Å². The number of rotatable bonds is 5. The van der Waals surface area contributed by atoms with Gasteiger partial charge in [-0.05, 0) is 41.2 Å². The highest BCUT2D eigenvalue weighted by Crippen LogP contribution is 2.31. The van der Waals surface area contributed by atoms with Gasteiger partial charge in [-0.2, -0.15) is 4.31 Å². The van der Waals surface area contributed by atoms with E-state index in [1.54, 1.807) is 10.4 Å². The minimum Gasteiger partial charge on any atom is -0.452 e. The lowest BCUT2D eigenvalue weighted by atomic mass is 10.0. The third-order valence-electron chi connectivity index (χ3n) is 3.62. The normalized spacial score (nSPS) is 18.6. The average molecular weight is 365 g/mol. The number of hydrogen-bond donors (Lipinski definition) is 1. The first-order chi connectivity index (χ1) is 9.45. The minimum atomic E-state index is -3.46. The number of hydrogen-bond acceptors (Lipinski definition) is 4. The highest BCUT2D eigenvalue weighted by Gasteiger charge is 2.31. The number of halogens is 1. The van der Waals surface area contributed by atoms with Crippen LogP contribution in [0.2, 0.25) is 0 Å². The van der Waals surface area contributed by atoms with Crippen molar-refractivity contribution in [2.75, 3.05) is 19.6 Å². The lowest BCUT2D eigenvalue weighted by Crippen LogP contribution is -2.37. The Labute approximate surface area is 128 Å². The van der Waals surface area contributed by atoms with Gasteiger partial charge >= 0.3 is 0 Å². The molecule has 0 aromatic carbocycles. The Kier molecular flexibility index (Phi) is 5.28. The van der Waals surface area contributed by atoms with E-state index in [1.807, 2.05) is 6.92 Å². The van der Waals surface area contributed by atoms with E-state index in [4.69, 9.17) is 4.42 Å².